The molecular formula is C22H26N8. The zero-order chi connectivity index (χ0) is 20.1. The van der Waals surface area contributed by atoms with Crippen LogP contribution in [0.25, 0.3) is 27.9 Å². The Morgan fingerprint density at radius 2 is 2.00 bits per heavy atom. The Morgan fingerprint density at radius 3 is 2.83 bits per heavy atom. The van der Waals surface area contributed by atoms with Crippen molar-refractivity contribution >= 4 is 22.6 Å². The summed E-state index contributed by atoms with van der Waals surface area (Å²) in [6.07, 6.45) is 12.8. The maximum atomic E-state index is 4.92. The molecule has 0 atom stereocenters. The van der Waals surface area contributed by atoms with E-state index in [2.05, 4.69) is 32.3 Å². The molecule has 0 unspecified atom stereocenters. The number of anilines is 1. The maximum absolute atomic E-state index is 4.92. The zero-order valence-corrected chi connectivity index (χ0v) is 17.2. The number of H-pyrrole nitrogens is 1. The van der Waals surface area contributed by atoms with Gasteiger partial charge in [0.15, 0.2) is 5.65 Å². The summed E-state index contributed by atoms with van der Waals surface area (Å²) in [6, 6.07) is 2.01. The standard InChI is InChI=1S/C22H26N8/c1-29-7-4-14(5-8-29)10-24-22-25-12-18-17(11-23-20(18)28-22)19-6-9-30-21(27-19)16(13-26-30)15-2-3-15/h6,9,11-15H,2-5,7-8,10H2,1H3,(H2,23,24,25,28). The molecule has 1 aliphatic carbocycles. The van der Waals surface area contributed by atoms with Crippen molar-refractivity contribution in [3.63, 3.8) is 0 Å². The van der Waals surface area contributed by atoms with Gasteiger partial charge >= 0.3 is 0 Å². The summed E-state index contributed by atoms with van der Waals surface area (Å²) < 4.78 is 1.87. The summed E-state index contributed by atoms with van der Waals surface area (Å²) in [4.78, 5) is 19.9. The summed E-state index contributed by atoms with van der Waals surface area (Å²) in [5.41, 5.74) is 5.00. The van der Waals surface area contributed by atoms with E-state index < -0.39 is 0 Å². The molecule has 4 aromatic rings. The summed E-state index contributed by atoms with van der Waals surface area (Å²) in [5, 5.41) is 8.87. The van der Waals surface area contributed by atoms with Gasteiger partial charge in [-0.15, -0.1) is 0 Å². The third-order valence-electron chi connectivity index (χ3n) is 6.51. The monoisotopic (exact) mass is 402 g/mol. The van der Waals surface area contributed by atoms with Gasteiger partial charge in [0.1, 0.15) is 5.65 Å². The number of fused-ring (bicyclic) bond motifs is 2. The van der Waals surface area contributed by atoms with Crippen molar-refractivity contribution in [2.45, 2.75) is 31.6 Å². The van der Waals surface area contributed by atoms with Crippen LogP contribution in [0, 0.1) is 5.92 Å². The van der Waals surface area contributed by atoms with E-state index in [1.165, 1.54) is 44.3 Å². The summed E-state index contributed by atoms with van der Waals surface area (Å²) >= 11 is 0. The van der Waals surface area contributed by atoms with Crippen molar-refractivity contribution in [3.05, 3.63) is 36.4 Å². The van der Waals surface area contributed by atoms with Gasteiger partial charge in [-0.2, -0.15) is 10.1 Å². The van der Waals surface area contributed by atoms with Crippen LogP contribution in [0.2, 0.25) is 0 Å². The van der Waals surface area contributed by atoms with Gasteiger partial charge in [0, 0.05) is 41.6 Å². The maximum Gasteiger partial charge on any atom is 0.224 e. The molecule has 2 aliphatic rings. The molecule has 1 saturated carbocycles. The first kappa shape index (κ1) is 17.8. The fourth-order valence-electron chi connectivity index (χ4n) is 4.42. The number of hydrogen-bond acceptors (Lipinski definition) is 6. The van der Waals surface area contributed by atoms with Crippen molar-refractivity contribution in [1.82, 2.24) is 34.4 Å². The summed E-state index contributed by atoms with van der Waals surface area (Å²) in [6.45, 7) is 3.27. The molecule has 0 bridgehead atoms. The molecule has 0 amide bonds. The highest BCUT2D eigenvalue weighted by Gasteiger charge is 2.27. The molecule has 5 heterocycles. The molecule has 1 aliphatic heterocycles. The molecule has 6 rings (SSSR count). The average Bonchev–Trinajstić information content (AvgIpc) is 3.39. The first-order valence-electron chi connectivity index (χ1n) is 10.9. The molecule has 154 valence electrons. The van der Waals surface area contributed by atoms with Gasteiger partial charge in [-0.05, 0) is 63.7 Å². The minimum absolute atomic E-state index is 0.620. The fourth-order valence-corrected chi connectivity index (χ4v) is 4.42. The molecule has 2 N–H and O–H groups in total. The van der Waals surface area contributed by atoms with Crippen LogP contribution >= 0.6 is 0 Å². The third-order valence-corrected chi connectivity index (χ3v) is 6.51. The molecule has 8 nitrogen and oxygen atoms in total. The minimum atomic E-state index is 0.620. The Morgan fingerprint density at radius 1 is 1.13 bits per heavy atom. The second-order valence-corrected chi connectivity index (χ2v) is 8.74. The van der Waals surface area contributed by atoms with E-state index in [0.29, 0.717) is 17.8 Å². The van der Waals surface area contributed by atoms with Crippen molar-refractivity contribution in [2.75, 3.05) is 32.0 Å². The van der Waals surface area contributed by atoms with Crippen molar-refractivity contribution in [1.29, 1.82) is 0 Å². The van der Waals surface area contributed by atoms with Crippen LogP contribution in [0.15, 0.2) is 30.9 Å². The lowest BCUT2D eigenvalue weighted by molar-refractivity contribution is 0.226. The average molecular weight is 403 g/mol. The molecule has 0 radical (unpaired) electrons. The zero-order valence-electron chi connectivity index (χ0n) is 17.2. The van der Waals surface area contributed by atoms with E-state index in [1.54, 1.807) is 0 Å². The van der Waals surface area contributed by atoms with Crippen LogP contribution in [0.1, 0.15) is 37.2 Å². The highest BCUT2D eigenvalue weighted by Crippen LogP contribution is 2.41. The second kappa shape index (κ2) is 7.05. The van der Waals surface area contributed by atoms with Crippen LogP contribution in [-0.2, 0) is 0 Å². The third kappa shape index (κ3) is 3.21. The van der Waals surface area contributed by atoms with Gasteiger partial charge in [-0.25, -0.2) is 14.5 Å². The van der Waals surface area contributed by atoms with E-state index in [-0.39, 0.29) is 0 Å². The van der Waals surface area contributed by atoms with Gasteiger partial charge in [0.25, 0.3) is 0 Å². The van der Waals surface area contributed by atoms with Crippen molar-refractivity contribution in [3.8, 4) is 11.3 Å². The summed E-state index contributed by atoms with van der Waals surface area (Å²) in [7, 11) is 2.19. The lowest BCUT2D eigenvalue weighted by atomic mass is 9.97. The Hall–Kier alpha value is -3.00. The van der Waals surface area contributed by atoms with E-state index in [1.807, 2.05) is 35.4 Å². The van der Waals surface area contributed by atoms with Gasteiger partial charge in [0.2, 0.25) is 5.95 Å². The SMILES string of the molecule is CN1CCC(CNc2ncc3c(-c4ccn5ncc(C6CC6)c5n4)c[nH]c3n2)CC1. The van der Waals surface area contributed by atoms with Crippen LogP contribution in [0.5, 0.6) is 0 Å². The lowest BCUT2D eigenvalue weighted by Crippen LogP contribution is -2.33. The smallest absolute Gasteiger partial charge is 0.224 e. The lowest BCUT2D eigenvalue weighted by Gasteiger charge is -2.28. The van der Waals surface area contributed by atoms with Crippen LogP contribution in [-0.4, -0.2) is 61.1 Å². The van der Waals surface area contributed by atoms with Gasteiger partial charge in [0.05, 0.1) is 11.9 Å². The minimum Gasteiger partial charge on any atom is -0.354 e. The fraction of sp³-hybridized carbons (Fsp3) is 0.455. The number of aromatic amines is 1. The van der Waals surface area contributed by atoms with E-state index in [4.69, 9.17) is 9.97 Å². The second-order valence-electron chi connectivity index (χ2n) is 8.74. The van der Waals surface area contributed by atoms with E-state index >= 15 is 0 Å². The van der Waals surface area contributed by atoms with Crippen molar-refractivity contribution in [2.24, 2.45) is 5.92 Å². The van der Waals surface area contributed by atoms with E-state index in [0.717, 1.165) is 34.5 Å². The molecule has 30 heavy (non-hydrogen) atoms. The number of rotatable bonds is 5. The molecule has 1 saturated heterocycles. The van der Waals surface area contributed by atoms with E-state index in [9.17, 15) is 0 Å². The van der Waals surface area contributed by atoms with Gasteiger partial charge in [-0.1, -0.05) is 0 Å². The highest BCUT2D eigenvalue weighted by atomic mass is 15.2. The number of nitrogens with one attached hydrogen (secondary N) is 2. The molecule has 0 spiro atoms. The highest BCUT2D eigenvalue weighted by molar-refractivity contribution is 5.92. The molecule has 4 aromatic heterocycles. The number of hydrogen-bond donors (Lipinski definition) is 2. The molecule has 2 fully saturated rings. The Labute approximate surface area is 174 Å². The first-order valence-corrected chi connectivity index (χ1v) is 10.9. The predicted octanol–water partition coefficient (Wildman–Crippen LogP) is 3.30. The van der Waals surface area contributed by atoms with Gasteiger partial charge < -0.3 is 15.2 Å². The number of piperidine rings is 1. The quantitative estimate of drug-likeness (QED) is 0.533. The van der Waals surface area contributed by atoms with Gasteiger partial charge in [-0.3, -0.25) is 0 Å². The Bertz CT molecular complexity index is 1200. The number of likely N-dealkylation sites (tertiary alicyclic amines) is 1. The topological polar surface area (TPSA) is 87.0 Å². The number of nitrogens with zero attached hydrogens (tertiary/aromatic N) is 6. The van der Waals surface area contributed by atoms with Crippen LogP contribution in [0.3, 0.4) is 0 Å². The Kier molecular flexibility index (Phi) is 4.19. The summed E-state index contributed by atoms with van der Waals surface area (Å²) in [5.74, 6) is 1.99. The molecule has 0 aromatic carbocycles. The molecule has 8 heteroatoms. The van der Waals surface area contributed by atoms with Crippen LogP contribution < -0.4 is 5.32 Å². The first-order chi connectivity index (χ1) is 14.7. The van der Waals surface area contributed by atoms with Crippen LogP contribution in [0.4, 0.5) is 5.95 Å². The van der Waals surface area contributed by atoms with Crippen molar-refractivity contribution < 1.29 is 0 Å². The molecular weight excluding hydrogens is 376 g/mol. The number of aromatic nitrogens is 6. The Balaban J connectivity index is 1.25. The largest absolute Gasteiger partial charge is 0.354 e. The normalized spacial score (nSPS) is 18.4. The predicted molar refractivity (Wildman–Crippen MR) is 117 cm³/mol.